The van der Waals surface area contributed by atoms with Crippen LogP contribution in [0.15, 0.2) is 22.3 Å². The van der Waals surface area contributed by atoms with E-state index in [1.807, 2.05) is 10.3 Å². The number of carbonyl (C=O) groups is 2. The molecule has 1 aromatic carbocycles. The summed E-state index contributed by atoms with van der Waals surface area (Å²) in [5, 5.41) is 33.7. The maximum atomic E-state index is 13.1. The number of amides is 1. The number of carbonyl (C=O) groups excluding carboxylic acids is 1. The number of fused-ring (bicyclic) bond motifs is 1. The molecule has 0 aliphatic carbocycles. The van der Waals surface area contributed by atoms with Crippen LogP contribution in [-0.2, 0) is 9.53 Å². The summed E-state index contributed by atoms with van der Waals surface area (Å²) in [6.45, 7) is 10.3. The number of rotatable bonds is 15. The van der Waals surface area contributed by atoms with Crippen LogP contribution in [0.1, 0.15) is 105 Å². The molecule has 2 aromatic heterocycles. The van der Waals surface area contributed by atoms with Crippen molar-refractivity contribution in [3.05, 3.63) is 43.4 Å². The highest BCUT2D eigenvalue weighted by Gasteiger charge is 2.41. The Bertz CT molecular complexity index is 1500. The van der Waals surface area contributed by atoms with E-state index < -0.39 is 6.10 Å². The van der Waals surface area contributed by atoms with Crippen LogP contribution in [-0.4, -0.2) is 105 Å². The molecule has 1 spiro atoms. The second kappa shape index (κ2) is 18.8. The summed E-state index contributed by atoms with van der Waals surface area (Å²) in [5.74, 6) is 0.408. The van der Waals surface area contributed by atoms with Gasteiger partial charge in [-0.3, -0.25) is 14.4 Å². The monoisotopic (exact) mass is 705 g/mol. The van der Waals surface area contributed by atoms with Crippen LogP contribution in [0.3, 0.4) is 0 Å². The molecule has 1 unspecified atom stereocenters. The van der Waals surface area contributed by atoms with E-state index in [0.717, 1.165) is 61.8 Å². The summed E-state index contributed by atoms with van der Waals surface area (Å²) in [6.07, 6.45) is 9.66. The van der Waals surface area contributed by atoms with Crippen molar-refractivity contribution in [2.75, 3.05) is 52.4 Å². The van der Waals surface area contributed by atoms with Gasteiger partial charge in [0.05, 0.1) is 34.6 Å². The number of H-pyrrole nitrogens is 1. The first-order valence-corrected chi connectivity index (χ1v) is 18.8. The normalized spacial score (nSPS) is 17.0. The Labute approximate surface area is 290 Å². The number of likely N-dealkylation sites (tertiary alicyclic amines) is 1. The topological polar surface area (TPSA) is 168 Å². The van der Waals surface area contributed by atoms with Gasteiger partial charge in [-0.2, -0.15) is 0 Å². The Morgan fingerprint density at radius 1 is 1.12 bits per heavy atom. The summed E-state index contributed by atoms with van der Waals surface area (Å²) in [4.78, 5) is 44.7. The van der Waals surface area contributed by atoms with E-state index in [1.54, 1.807) is 17.4 Å². The zero-order valence-electron chi connectivity index (χ0n) is 28.1. The predicted octanol–water partition coefficient (Wildman–Crippen LogP) is 4.94. The number of aromatic amines is 1. The first kappa shape index (κ1) is 37.9. The van der Waals surface area contributed by atoms with E-state index in [4.69, 9.17) is 14.6 Å². The van der Waals surface area contributed by atoms with Crippen molar-refractivity contribution in [1.82, 2.24) is 25.1 Å². The van der Waals surface area contributed by atoms with Crippen molar-refractivity contribution in [2.45, 2.75) is 89.3 Å². The molecule has 48 heavy (non-hydrogen) atoms. The van der Waals surface area contributed by atoms with Crippen molar-refractivity contribution in [3.63, 3.8) is 0 Å². The van der Waals surface area contributed by atoms with Crippen molar-refractivity contribution in [3.8, 4) is 5.75 Å². The third kappa shape index (κ3) is 10.6. The first-order chi connectivity index (χ1) is 23.2. The number of nitrogens with one attached hydrogen (secondary N) is 2. The van der Waals surface area contributed by atoms with E-state index in [1.165, 1.54) is 44.6 Å². The highest BCUT2D eigenvalue weighted by molar-refractivity contribution is 7.16. The Balaban J connectivity index is 0.00000167. The number of benzene rings is 1. The number of phenols is 1. The summed E-state index contributed by atoms with van der Waals surface area (Å²) in [5.41, 5.74) is 1.43. The van der Waals surface area contributed by atoms with E-state index >= 15 is 0 Å². The van der Waals surface area contributed by atoms with Gasteiger partial charge in [0.25, 0.3) is 12.4 Å². The van der Waals surface area contributed by atoms with Crippen molar-refractivity contribution in [2.24, 2.45) is 0 Å². The zero-order chi connectivity index (χ0) is 34.5. The molecule has 2 fully saturated rings. The Kier molecular flexibility index (Phi) is 14.8. The zero-order valence-corrected chi connectivity index (χ0v) is 29.8. The van der Waals surface area contributed by atoms with Crippen molar-refractivity contribution in [1.29, 1.82) is 0 Å². The van der Waals surface area contributed by atoms with E-state index in [0.29, 0.717) is 53.6 Å². The molecule has 1 amide bonds. The van der Waals surface area contributed by atoms with Gasteiger partial charge in [-0.05, 0) is 44.8 Å². The molecule has 1 atom stereocenters. The molecular weight excluding hydrogens is 655 g/mol. The number of hydrogen-bond donors (Lipinski definition) is 5. The molecule has 12 nitrogen and oxygen atoms in total. The lowest BCUT2D eigenvalue weighted by molar-refractivity contribution is -0.127. The summed E-state index contributed by atoms with van der Waals surface area (Å²) in [7, 11) is 0. The maximum absolute atomic E-state index is 13.1. The average molecular weight is 706 g/mol. The number of aliphatic hydroxyl groups is 1. The van der Waals surface area contributed by atoms with Gasteiger partial charge in [0.1, 0.15) is 17.0 Å². The SMILES string of the molecule is CC(C)c1nc(C(=O)N2CCOC3(CCN(CCCCCCCCCNCC(O)c4ccc(O)c5[nH]c(=O)sc45)CC3)C2)cs1.O=CO. The van der Waals surface area contributed by atoms with Crippen LogP contribution in [0, 0.1) is 0 Å². The fourth-order valence-electron chi connectivity index (χ4n) is 6.44. The molecule has 2 aliphatic rings. The molecule has 4 heterocycles. The minimum atomic E-state index is -0.730. The molecule has 5 rings (SSSR count). The number of unbranched alkanes of at least 4 members (excludes halogenated alkanes) is 6. The highest BCUT2D eigenvalue weighted by Crippen LogP contribution is 2.32. The second-order valence-corrected chi connectivity index (χ2v) is 14.9. The molecular formula is C34H51N5O7S2. The smallest absolute Gasteiger partial charge is 0.305 e. The third-order valence-corrected chi connectivity index (χ3v) is 11.2. The number of thiazole rings is 2. The van der Waals surface area contributed by atoms with Crippen LogP contribution < -0.4 is 10.2 Å². The number of morpholine rings is 1. The third-order valence-electron chi connectivity index (χ3n) is 9.15. The number of aromatic nitrogens is 2. The van der Waals surface area contributed by atoms with Crippen LogP contribution in [0.25, 0.3) is 10.2 Å². The second-order valence-electron chi connectivity index (χ2n) is 13.0. The molecule has 266 valence electrons. The minimum absolute atomic E-state index is 0.0248. The lowest BCUT2D eigenvalue weighted by atomic mass is 9.89. The fraction of sp³-hybridized carbons (Fsp3) is 0.647. The van der Waals surface area contributed by atoms with Crippen LogP contribution in [0.5, 0.6) is 5.75 Å². The Morgan fingerprint density at radius 3 is 2.50 bits per heavy atom. The molecule has 5 N–H and O–H groups in total. The molecule has 0 saturated carbocycles. The molecule has 2 saturated heterocycles. The number of hydrogen-bond acceptors (Lipinski definition) is 11. The number of piperidine rings is 1. The van der Waals surface area contributed by atoms with Crippen molar-refractivity contribution >= 4 is 45.3 Å². The maximum Gasteiger partial charge on any atom is 0.305 e. The Hall–Kier alpha value is -2.88. The molecule has 0 bridgehead atoms. The van der Waals surface area contributed by atoms with Gasteiger partial charge in [-0.25, -0.2) is 4.98 Å². The van der Waals surface area contributed by atoms with Gasteiger partial charge in [0.15, 0.2) is 0 Å². The molecule has 2 aliphatic heterocycles. The lowest BCUT2D eigenvalue weighted by Crippen LogP contribution is -2.58. The molecule has 3 aromatic rings. The van der Waals surface area contributed by atoms with Gasteiger partial charge in [0.2, 0.25) is 0 Å². The molecule has 0 radical (unpaired) electrons. The molecule has 14 heteroatoms. The van der Waals surface area contributed by atoms with Gasteiger partial charge < -0.3 is 40.2 Å². The quantitative estimate of drug-likeness (QED) is 0.108. The summed E-state index contributed by atoms with van der Waals surface area (Å²) in [6, 6.07) is 3.20. The minimum Gasteiger partial charge on any atom is -0.506 e. The Morgan fingerprint density at radius 2 is 1.81 bits per heavy atom. The predicted molar refractivity (Wildman–Crippen MR) is 189 cm³/mol. The highest BCUT2D eigenvalue weighted by atomic mass is 32.1. The lowest BCUT2D eigenvalue weighted by Gasteiger charge is -2.47. The van der Waals surface area contributed by atoms with Crippen LogP contribution in [0.4, 0.5) is 0 Å². The first-order valence-electron chi connectivity index (χ1n) is 17.1. The van der Waals surface area contributed by atoms with E-state index in [9.17, 15) is 19.8 Å². The largest absolute Gasteiger partial charge is 0.506 e. The van der Waals surface area contributed by atoms with Crippen LogP contribution in [0.2, 0.25) is 0 Å². The van der Waals surface area contributed by atoms with Gasteiger partial charge in [0, 0.05) is 43.0 Å². The standard InChI is InChI=1S/C33H49N5O5S2.CH2O2/c1-23(2)30-35-25(21-44-30)31(41)38-18-19-43-33(22-38)12-16-37(17-13-33)15-9-7-5-3-4-6-8-14-34-20-27(40)24-10-11-26(39)28-29(24)45-32(42)36-28;2-1-3/h10-11,21,23,27,34,39-40H,3-9,12-20,22H2,1-2H3,(H,36,42);1H,(H,2,3). The average Bonchev–Trinajstić information content (AvgIpc) is 3.73. The summed E-state index contributed by atoms with van der Waals surface area (Å²) < 4.78 is 6.91. The van der Waals surface area contributed by atoms with Crippen molar-refractivity contribution < 1.29 is 29.6 Å². The van der Waals surface area contributed by atoms with Crippen LogP contribution >= 0.6 is 22.7 Å². The van der Waals surface area contributed by atoms with Gasteiger partial charge in [-0.1, -0.05) is 63.4 Å². The number of phenolic OH excluding ortho intramolecular Hbond substituents is 1. The fourth-order valence-corrected chi connectivity index (χ4v) is 8.16. The summed E-state index contributed by atoms with van der Waals surface area (Å²) >= 11 is 2.59. The number of carboxylic acid groups (broad SMARTS) is 1. The number of ether oxygens (including phenoxy) is 1. The van der Waals surface area contributed by atoms with E-state index in [-0.39, 0.29) is 28.6 Å². The van der Waals surface area contributed by atoms with E-state index in [2.05, 4.69) is 34.0 Å². The van der Waals surface area contributed by atoms with Gasteiger partial charge in [-0.15, -0.1) is 11.3 Å². The number of aromatic hydroxyl groups is 1. The van der Waals surface area contributed by atoms with Gasteiger partial charge >= 0.3 is 4.87 Å². The number of aliphatic hydroxyl groups excluding tert-OH is 1. The number of nitrogens with zero attached hydrogens (tertiary/aromatic N) is 3.